The highest BCUT2D eigenvalue weighted by atomic mass is 32.2. The fraction of sp³-hybridized carbons (Fsp3) is 0.652. The molecule has 3 rings (SSSR count). The molecule has 0 radical (unpaired) electrons. The molecule has 0 aromatic heterocycles. The molecule has 2 aliphatic heterocycles. The molecule has 0 saturated carbocycles. The van der Waals surface area contributed by atoms with Crippen LogP contribution in [-0.4, -0.2) is 64.0 Å². The summed E-state index contributed by atoms with van der Waals surface area (Å²) in [5.41, 5.74) is 0. The zero-order chi connectivity index (χ0) is 24.0. The maximum atomic E-state index is 13.3. The molecule has 2 amide bonds. The maximum absolute atomic E-state index is 13.3. The second kappa shape index (κ2) is 11.2. The van der Waals surface area contributed by atoms with E-state index >= 15 is 0 Å². The first-order valence-corrected chi connectivity index (χ1v) is 13.2. The van der Waals surface area contributed by atoms with Gasteiger partial charge < -0.3 is 19.7 Å². The van der Waals surface area contributed by atoms with Crippen LogP contribution in [0.4, 0.5) is 0 Å². The molecule has 0 spiro atoms. The van der Waals surface area contributed by atoms with E-state index in [2.05, 4.69) is 10.0 Å². The third-order valence-corrected chi connectivity index (χ3v) is 7.34. The van der Waals surface area contributed by atoms with Gasteiger partial charge in [0.1, 0.15) is 6.04 Å². The van der Waals surface area contributed by atoms with Crippen LogP contribution in [0.2, 0.25) is 0 Å². The molecule has 9 nitrogen and oxygen atoms in total. The van der Waals surface area contributed by atoms with Crippen molar-refractivity contribution < 1.29 is 27.5 Å². The Morgan fingerprint density at radius 2 is 1.88 bits per heavy atom. The lowest BCUT2D eigenvalue weighted by Crippen LogP contribution is -2.54. The number of sulfonamides is 1. The molecule has 2 unspecified atom stereocenters. The Morgan fingerprint density at radius 3 is 2.58 bits per heavy atom. The standard InChI is InChI=1S/C23H35N3O6S/c1-4-10-24-22(27)17-7-5-11-26(15-17)23(28)21(16(2)3)25-33(29,30)18-8-9-19-20(14-18)32-13-6-12-31-19/h8-9,14,16-17,21,25H,4-7,10-13,15H2,1-3H3,(H,24,27). The van der Waals surface area contributed by atoms with Crippen LogP contribution in [0.1, 0.15) is 46.5 Å². The maximum Gasteiger partial charge on any atom is 0.241 e. The second-order valence-corrected chi connectivity index (χ2v) is 10.6. The molecule has 0 aliphatic carbocycles. The molecular formula is C23H35N3O6S. The number of fused-ring (bicyclic) bond motifs is 1. The number of carbonyl (C=O) groups excluding carboxylic acids is 2. The van der Waals surface area contributed by atoms with E-state index in [1.54, 1.807) is 24.8 Å². The van der Waals surface area contributed by atoms with Crippen LogP contribution < -0.4 is 19.5 Å². The van der Waals surface area contributed by atoms with Crippen molar-refractivity contribution in [1.29, 1.82) is 0 Å². The summed E-state index contributed by atoms with van der Waals surface area (Å²) >= 11 is 0. The van der Waals surface area contributed by atoms with Crippen molar-refractivity contribution in [3.8, 4) is 11.5 Å². The number of ether oxygens (including phenoxy) is 2. The SMILES string of the molecule is CCCNC(=O)C1CCCN(C(=O)C(NS(=O)(=O)c2ccc3c(c2)OCCCO3)C(C)C)C1. The van der Waals surface area contributed by atoms with Crippen LogP contribution in [0.3, 0.4) is 0 Å². The Balaban J connectivity index is 1.73. The first-order chi connectivity index (χ1) is 15.7. The van der Waals surface area contributed by atoms with Gasteiger partial charge in [-0.2, -0.15) is 4.72 Å². The number of nitrogens with zero attached hydrogens (tertiary/aromatic N) is 1. The third-order valence-electron chi connectivity index (χ3n) is 5.90. The van der Waals surface area contributed by atoms with Crippen molar-refractivity contribution in [1.82, 2.24) is 14.9 Å². The topological polar surface area (TPSA) is 114 Å². The highest BCUT2D eigenvalue weighted by Gasteiger charge is 2.35. The first-order valence-electron chi connectivity index (χ1n) is 11.7. The molecule has 2 aliphatic rings. The lowest BCUT2D eigenvalue weighted by atomic mass is 9.95. The minimum atomic E-state index is -3.99. The van der Waals surface area contributed by atoms with Crippen molar-refractivity contribution >= 4 is 21.8 Å². The molecule has 1 saturated heterocycles. The Bertz CT molecular complexity index is 950. The van der Waals surface area contributed by atoms with Crippen molar-refractivity contribution in [2.75, 3.05) is 32.8 Å². The number of nitrogens with one attached hydrogen (secondary N) is 2. The van der Waals surface area contributed by atoms with Gasteiger partial charge in [-0.25, -0.2) is 8.42 Å². The first kappa shape index (κ1) is 25.3. The Hall–Kier alpha value is -2.33. The molecule has 2 heterocycles. The highest BCUT2D eigenvalue weighted by molar-refractivity contribution is 7.89. The minimum absolute atomic E-state index is 0.0145. The van der Waals surface area contributed by atoms with E-state index in [1.165, 1.54) is 12.1 Å². The molecule has 33 heavy (non-hydrogen) atoms. The van der Waals surface area contributed by atoms with Gasteiger partial charge in [0.2, 0.25) is 21.8 Å². The zero-order valence-electron chi connectivity index (χ0n) is 19.6. The van der Waals surface area contributed by atoms with E-state index in [0.29, 0.717) is 63.6 Å². The smallest absolute Gasteiger partial charge is 0.241 e. The van der Waals surface area contributed by atoms with Gasteiger partial charge in [0.15, 0.2) is 11.5 Å². The van der Waals surface area contributed by atoms with Crippen LogP contribution in [0, 0.1) is 11.8 Å². The summed E-state index contributed by atoms with van der Waals surface area (Å²) in [6, 6.07) is 3.52. The van der Waals surface area contributed by atoms with Gasteiger partial charge >= 0.3 is 0 Å². The minimum Gasteiger partial charge on any atom is -0.490 e. The van der Waals surface area contributed by atoms with Gasteiger partial charge in [-0.15, -0.1) is 0 Å². The summed E-state index contributed by atoms with van der Waals surface area (Å²) in [4.78, 5) is 27.4. The van der Waals surface area contributed by atoms with Gasteiger partial charge in [-0.3, -0.25) is 9.59 Å². The largest absolute Gasteiger partial charge is 0.490 e. The van der Waals surface area contributed by atoms with Gasteiger partial charge in [0.25, 0.3) is 0 Å². The quantitative estimate of drug-likeness (QED) is 0.586. The van der Waals surface area contributed by atoms with E-state index in [0.717, 1.165) is 6.42 Å². The number of piperidine rings is 1. The summed E-state index contributed by atoms with van der Waals surface area (Å²) in [7, 11) is -3.99. The summed E-state index contributed by atoms with van der Waals surface area (Å²) < 4.78 is 40.1. The van der Waals surface area contributed by atoms with E-state index in [1.807, 2.05) is 6.92 Å². The third kappa shape index (κ3) is 6.38. The molecule has 2 atom stereocenters. The van der Waals surface area contributed by atoms with Crippen molar-refractivity contribution in [3.63, 3.8) is 0 Å². The number of carbonyl (C=O) groups is 2. The fourth-order valence-corrected chi connectivity index (χ4v) is 5.35. The van der Waals surface area contributed by atoms with Crippen LogP contribution in [0.5, 0.6) is 11.5 Å². The van der Waals surface area contributed by atoms with Gasteiger partial charge in [-0.05, 0) is 37.3 Å². The van der Waals surface area contributed by atoms with E-state index < -0.39 is 16.1 Å². The monoisotopic (exact) mass is 481 g/mol. The van der Waals surface area contributed by atoms with E-state index in [4.69, 9.17) is 9.47 Å². The molecule has 0 bridgehead atoms. The van der Waals surface area contributed by atoms with Crippen LogP contribution in [-0.2, 0) is 19.6 Å². The molecule has 1 aromatic rings. The van der Waals surface area contributed by atoms with Crippen molar-refractivity contribution in [2.45, 2.75) is 57.4 Å². The summed E-state index contributed by atoms with van der Waals surface area (Å²) in [6.45, 7) is 7.94. The van der Waals surface area contributed by atoms with Crippen molar-refractivity contribution in [3.05, 3.63) is 18.2 Å². The molecule has 2 N–H and O–H groups in total. The molecule has 1 aromatic carbocycles. The van der Waals surface area contributed by atoms with Crippen LogP contribution in [0.25, 0.3) is 0 Å². The van der Waals surface area contributed by atoms with Gasteiger partial charge in [0, 0.05) is 32.1 Å². The Labute approximate surface area is 196 Å². The zero-order valence-corrected chi connectivity index (χ0v) is 20.4. The number of rotatable bonds is 8. The molecule has 184 valence electrons. The summed E-state index contributed by atoms with van der Waals surface area (Å²) in [5, 5.41) is 2.89. The molecular weight excluding hydrogens is 446 g/mol. The Morgan fingerprint density at radius 1 is 1.15 bits per heavy atom. The number of hydrogen-bond donors (Lipinski definition) is 2. The van der Waals surface area contributed by atoms with E-state index in [-0.39, 0.29) is 28.5 Å². The van der Waals surface area contributed by atoms with Gasteiger partial charge in [-0.1, -0.05) is 20.8 Å². The Kier molecular flexibility index (Phi) is 8.58. The predicted octanol–water partition coefficient (Wildman–Crippen LogP) is 1.92. The molecule has 1 fully saturated rings. The predicted molar refractivity (Wildman–Crippen MR) is 124 cm³/mol. The number of benzene rings is 1. The van der Waals surface area contributed by atoms with Crippen molar-refractivity contribution in [2.24, 2.45) is 11.8 Å². The normalized spacial score (nSPS) is 19.6. The second-order valence-electron chi connectivity index (χ2n) is 8.92. The number of hydrogen-bond acceptors (Lipinski definition) is 6. The molecule has 10 heteroatoms. The van der Waals surface area contributed by atoms with E-state index in [9.17, 15) is 18.0 Å². The lowest BCUT2D eigenvalue weighted by molar-refractivity contribution is -0.138. The number of likely N-dealkylation sites (tertiary alicyclic amines) is 1. The lowest BCUT2D eigenvalue weighted by Gasteiger charge is -2.35. The average molecular weight is 482 g/mol. The average Bonchev–Trinajstić information content (AvgIpc) is 3.05. The van der Waals surface area contributed by atoms with Crippen LogP contribution in [0.15, 0.2) is 23.1 Å². The number of amides is 2. The summed E-state index contributed by atoms with van der Waals surface area (Å²) in [5.74, 6) is -0.0371. The fourth-order valence-electron chi connectivity index (χ4n) is 4.00. The van der Waals surface area contributed by atoms with Crippen LogP contribution >= 0.6 is 0 Å². The summed E-state index contributed by atoms with van der Waals surface area (Å²) in [6.07, 6.45) is 2.98. The van der Waals surface area contributed by atoms with Gasteiger partial charge in [0.05, 0.1) is 24.0 Å². The highest BCUT2D eigenvalue weighted by Crippen LogP contribution is 2.32.